The minimum atomic E-state index is -0.228. The van der Waals surface area contributed by atoms with Gasteiger partial charge in [0.1, 0.15) is 5.00 Å². The number of nitrogens with one attached hydrogen (secondary N) is 1. The van der Waals surface area contributed by atoms with Crippen molar-refractivity contribution in [2.45, 2.75) is 45.2 Å². The van der Waals surface area contributed by atoms with Crippen molar-refractivity contribution >= 4 is 23.1 Å². The van der Waals surface area contributed by atoms with Crippen molar-refractivity contribution in [1.29, 1.82) is 0 Å². The maximum Gasteiger partial charge on any atom is 0.322 e. The van der Waals surface area contributed by atoms with Crippen molar-refractivity contribution in [1.82, 2.24) is 9.47 Å². The number of hydrogen-bond donors (Lipinski definition) is 1. The molecule has 2 amide bonds. The van der Waals surface area contributed by atoms with Crippen LogP contribution in [0, 0.1) is 6.92 Å². The van der Waals surface area contributed by atoms with Crippen molar-refractivity contribution in [3.63, 3.8) is 0 Å². The fraction of sp³-hybridized carbons (Fsp3) is 0.300. The number of amides is 2. The Balaban J connectivity index is 1.47. The van der Waals surface area contributed by atoms with E-state index < -0.39 is 0 Å². The van der Waals surface area contributed by atoms with Crippen molar-refractivity contribution in [3.8, 4) is 16.5 Å². The highest BCUT2D eigenvalue weighted by atomic mass is 32.1. The first-order valence-electron chi connectivity index (χ1n) is 12.7. The number of aromatic nitrogens is 1. The van der Waals surface area contributed by atoms with E-state index in [1.54, 1.807) is 20.3 Å². The van der Waals surface area contributed by atoms with Crippen molar-refractivity contribution in [2.75, 3.05) is 19.5 Å². The van der Waals surface area contributed by atoms with Crippen LogP contribution in [0.1, 0.15) is 51.7 Å². The molecule has 2 aromatic carbocycles. The molecule has 0 fully saturated rings. The largest absolute Gasteiger partial charge is 0.493 e. The molecule has 1 aliphatic carbocycles. The number of carbonyl (C=O) groups excluding carboxylic acids is 1. The Kier molecular flexibility index (Phi) is 6.16. The minimum Gasteiger partial charge on any atom is -0.493 e. The van der Waals surface area contributed by atoms with E-state index in [2.05, 4.69) is 59.4 Å². The van der Waals surface area contributed by atoms with Gasteiger partial charge in [-0.1, -0.05) is 29.8 Å². The number of hydrogen-bond acceptors (Lipinski definition) is 4. The van der Waals surface area contributed by atoms with Crippen LogP contribution in [-0.4, -0.2) is 29.7 Å². The lowest BCUT2D eigenvalue weighted by Crippen LogP contribution is -2.38. The lowest BCUT2D eigenvalue weighted by molar-refractivity contribution is 0.194. The van der Waals surface area contributed by atoms with E-state index in [1.807, 2.05) is 28.4 Å². The lowest BCUT2D eigenvalue weighted by Gasteiger charge is -2.31. The van der Waals surface area contributed by atoms with Crippen molar-refractivity contribution in [2.24, 2.45) is 0 Å². The number of benzene rings is 2. The fourth-order valence-corrected chi connectivity index (χ4v) is 7.09. The van der Waals surface area contributed by atoms with Gasteiger partial charge in [-0.25, -0.2) is 4.79 Å². The number of urea groups is 1. The molecular weight excluding hydrogens is 482 g/mol. The van der Waals surface area contributed by atoms with Crippen LogP contribution in [0.3, 0.4) is 0 Å². The number of methoxy groups -OCH3 is 2. The quantitative estimate of drug-likeness (QED) is 0.324. The topological polar surface area (TPSA) is 55.7 Å². The molecule has 0 bridgehead atoms. The normalized spacial score (nSPS) is 16.3. The van der Waals surface area contributed by atoms with Crippen molar-refractivity contribution < 1.29 is 14.3 Å². The van der Waals surface area contributed by atoms with E-state index in [0.717, 1.165) is 24.1 Å². The number of fused-ring (bicyclic) bond motifs is 5. The number of ether oxygens (including phenoxy) is 2. The Morgan fingerprint density at radius 2 is 1.81 bits per heavy atom. The summed E-state index contributed by atoms with van der Waals surface area (Å²) in [6.07, 6.45) is 6.80. The Morgan fingerprint density at radius 3 is 2.62 bits per heavy atom. The molecular formula is C30H31N3O3S. The Labute approximate surface area is 221 Å². The van der Waals surface area contributed by atoms with Gasteiger partial charge >= 0.3 is 6.03 Å². The zero-order valence-corrected chi connectivity index (χ0v) is 22.2. The number of aryl methyl sites for hydroxylation is 2. The van der Waals surface area contributed by atoms with Gasteiger partial charge in [-0.3, -0.25) is 0 Å². The summed E-state index contributed by atoms with van der Waals surface area (Å²) < 4.78 is 13.2. The predicted molar refractivity (Wildman–Crippen MR) is 147 cm³/mol. The molecule has 1 N–H and O–H groups in total. The van der Waals surface area contributed by atoms with Gasteiger partial charge < -0.3 is 24.3 Å². The molecule has 7 heteroatoms. The molecule has 0 saturated heterocycles. The zero-order valence-electron chi connectivity index (χ0n) is 21.4. The van der Waals surface area contributed by atoms with E-state index in [4.69, 9.17) is 9.47 Å². The average molecular weight is 514 g/mol. The summed E-state index contributed by atoms with van der Waals surface area (Å²) >= 11 is 1.90. The van der Waals surface area contributed by atoms with E-state index in [0.29, 0.717) is 23.7 Å². The van der Waals surface area contributed by atoms with Gasteiger partial charge in [0.05, 0.1) is 32.5 Å². The molecule has 4 aromatic rings. The zero-order chi connectivity index (χ0) is 25.5. The first-order chi connectivity index (χ1) is 18.1. The van der Waals surface area contributed by atoms with Crippen LogP contribution in [0.2, 0.25) is 0 Å². The molecule has 190 valence electrons. The van der Waals surface area contributed by atoms with Crippen LogP contribution >= 0.6 is 11.3 Å². The Hall–Kier alpha value is -3.71. The molecule has 0 saturated carbocycles. The van der Waals surface area contributed by atoms with Crippen LogP contribution < -0.4 is 14.8 Å². The second kappa shape index (κ2) is 9.63. The number of nitrogens with zero attached hydrogens (tertiary/aromatic N) is 2. The highest BCUT2D eigenvalue weighted by Gasteiger charge is 2.36. The second-order valence-corrected chi connectivity index (χ2v) is 10.8. The van der Waals surface area contributed by atoms with E-state index in [-0.39, 0.29) is 12.1 Å². The van der Waals surface area contributed by atoms with Crippen LogP contribution in [0.4, 0.5) is 10.5 Å². The third-order valence-corrected chi connectivity index (χ3v) is 8.77. The summed E-state index contributed by atoms with van der Waals surface area (Å²) in [6, 6.07) is 17.8. The Bertz CT molecular complexity index is 1470. The summed E-state index contributed by atoms with van der Waals surface area (Å²) in [7, 11) is 3.20. The standard InChI is InChI=1S/C30H31N3O3S/c1-19-8-6-9-20(16-19)28-24-11-7-15-32(24)29-23(22-10-4-5-12-27(22)37-29)18-33(28)30(34)31-21-13-14-25(35-2)26(17-21)36-3/h6-9,11,13-17,28H,4-5,10,12,18H2,1-3H3,(H,31,34)/t28-/m0/s1. The SMILES string of the molecule is COc1ccc(NC(=O)N2Cc3c(sc4c3CCCC4)-n3cccc3[C@@H]2c2cccc(C)c2)cc1OC. The Morgan fingerprint density at radius 1 is 0.973 bits per heavy atom. The van der Waals surface area contributed by atoms with Gasteiger partial charge in [0, 0.05) is 28.4 Å². The second-order valence-electron chi connectivity index (χ2n) is 9.74. The first-order valence-corrected chi connectivity index (χ1v) is 13.6. The molecule has 1 atom stereocenters. The van der Waals surface area contributed by atoms with Gasteiger partial charge in [-0.05, 0) is 68.0 Å². The molecule has 3 heterocycles. The number of thiophene rings is 1. The maximum atomic E-state index is 14.1. The molecule has 6 nitrogen and oxygen atoms in total. The van der Waals surface area contributed by atoms with E-state index >= 15 is 0 Å². The van der Waals surface area contributed by atoms with E-state index in [1.165, 1.54) is 39.4 Å². The summed E-state index contributed by atoms with van der Waals surface area (Å²) in [4.78, 5) is 17.6. The molecule has 1 aliphatic heterocycles. The van der Waals surface area contributed by atoms with Crippen LogP contribution in [0.15, 0.2) is 60.8 Å². The van der Waals surface area contributed by atoms with Crippen LogP contribution in [0.25, 0.3) is 5.00 Å². The lowest BCUT2D eigenvalue weighted by atomic mass is 9.95. The fourth-order valence-electron chi connectivity index (χ4n) is 5.69. The van der Waals surface area contributed by atoms with Crippen molar-refractivity contribution in [3.05, 3.63) is 93.6 Å². The van der Waals surface area contributed by atoms with Gasteiger partial charge in [-0.15, -0.1) is 11.3 Å². The number of anilines is 1. The van der Waals surface area contributed by atoms with E-state index in [9.17, 15) is 4.79 Å². The molecule has 37 heavy (non-hydrogen) atoms. The monoisotopic (exact) mass is 513 g/mol. The molecule has 0 spiro atoms. The average Bonchev–Trinajstić information content (AvgIpc) is 3.50. The van der Waals surface area contributed by atoms with Crippen LogP contribution in [-0.2, 0) is 19.4 Å². The predicted octanol–water partition coefficient (Wildman–Crippen LogP) is 6.88. The summed E-state index contributed by atoms with van der Waals surface area (Å²) in [5.41, 5.74) is 6.77. The van der Waals surface area contributed by atoms with Crippen LogP contribution in [0.5, 0.6) is 11.5 Å². The number of rotatable bonds is 4. The van der Waals surface area contributed by atoms with Gasteiger partial charge in [0.15, 0.2) is 11.5 Å². The molecule has 0 radical (unpaired) electrons. The molecule has 6 rings (SSSR count). The molecule has 2 aromatic heterocycles. The maximum absolute atomic E-state index is 14.1. The smallest absolute Gasteiger partial charge is 0.322 e. The van der Waals surface area contributed by atoms with Gasteiger partial charge in [0.2, 0.25) is 0 Å². The third kappa shape index (κ3) is 4.17. The third-order valence-electron chi connectivity index (χ3n) is 7.43. The molecule has 0 unspecified atom stereocenters. The van der Waals surface area contributed by atoms with Gasteiger partial charge in [-0.2, -0.15) is 0 Å². The van der Waals surface area contributed by atoms with Gasteiger partial charge in [0.25, 0.3) is 0 Å². The number of carbonyl (C=O) groups is 1. The summed E-state index contributed by atoms with van der Waals surface area (Å²) in [5, 5.41) is 4.41. The first kappa shape index (κ1) is 23.7. The minimum absolute atomic E-state index is 0.143. The highest BCUT2D eigenvalue weighted by Crippen LogP contribution is 2.44. The molecule has 2 aliphatic rings. The summed E-state index contributed by atoms with van der Waals surface area (Å²) in [6.45, 7) is 2.65. The highest BCUT2D eigenvalue weighted by molar-refractivity contribution is 7.15. The summed E-state index contributed by atoms with van der Waals surface area (Å²) in [5.74, 6) is 1.20.